The first-order valence-corrected chi connectivity index (χ1v) is 12.1. The third-order valence-electron chi connectivity index (χ3n) is 4.32. The summed E-state index contributed by atoms with van der Waals surface area (Å²) >= 11 is 7.84. The van der Waals surface area contributed by atoms with E-state index in [9.17, 15) is 10.1 Å². The molecule has 0 saturated carbocycles. The molecule has 3 rings (SSSR count). The maximum Gasteiger partial charge on any atom is 0.271 e. The lowest BCUT2D eigenvalue weighted by atomic mass is 10.1. The van der Waals surface area contributed by atoms with E-state index in [-0.39, 0.29) is 12.5 Å². The van der Waals surface area contributed by atoms with Gasteiger partial charge in [0.05, 0.1) is 36.6 Å². The van der Waals surface area contributed by atoms with Crippen molar-refractivity contribution in [3.8, 4) is 17.6 Å². The number of carbonyl (C=O) groups is 1. The topological polar surface area (TPSA) is 83.7 Å². The summed E-state index contributed by atoms with van der Waals surface area (Å²) in [5, 5.41) is 13.3. The van der Waals surface area contributed by atoms with Crippen molar-refractivity contribution in [1.29, 1.82) is 5.26 Å². The first-order valence-electron chi connectivity index (χ1n) is 9.19. The molecule has 1 amide bonds. The van der Waals surface area contributed by atoms with Crippen molar-refractivity contribution in [3.63, 3.8) is 0 Å². The Morgan fingerprint density at radius 2 is 1.97 bits per heavy atom. The third kappa shape index (κ3) is 6.20. The zero-order valence-electron chi connectivity index (χ0n) is 16.7. The molecule has 6 nitrogen and oxygen atoms in total. The van der Waals surface area contributed by atoms with Crippen LogP contribution in [-0.4, -0.2) is 19.2 Å². The maximum absolute atomic E-state index is 12.3. The summed E-state index contributed by atoms with van der Waals surface area (Å²) in [4.78, 5) is 12.3. The Bertz CT molecular complexity index is 1200. The molecule has 0 saturated heterocycles. The fourth-order valence-corrected chi connectivity index (χ4v) is 5.05. The smallest absolute Gasteiger partial charge is 0.271 e. The summed E-state index contributed by atoms with van der Waals surface area (Å²) in [6, 6.07) is 18.4. The second-order valence-electron chi connectivity index (χ2n) is 6.42. The number of nitrogens with one attached hydrogen (secondary N) is 1. The normalized spacial score (nSPS) is 10.6. The van der Waals surface area contributed by atoms with E-state index in [4.69, 9.17) is 9.47 Å². The van der Waals surface area contributed by atoms with Crippen LogP contribution in [0.4, 0.5) is 0 Å². The molecule has 0 radical (unpaired) electrons. The van der Waals surface area contributed by atoms with Crippen LogP contribution in [-0.2, 0) is 6.61 Å². The van der Waals surface area contributed by atoms with Crippen molar-refractivity contribution < 1.29 is 14.3 Å². The van der Waals surface area contributed by atoms with Gasteiger partial charge in [0, 0.05) is 11.1 Å². The van der Waals surface area contributed by atoms with Crippen molar-refractivity contribution in [2.75, 3.05) is 7.11 Å². The SMILES string of the molecule is COc1cc(C(=O)N/N=C\c2cc(Br)c(OCc3ccccc3C#N)c(I)c2)ccc1I. The highest BCUT2D eigenvalue weighted by molar-refractivity contribution is 14.1. The van der Waals surface area contributed by atoms with Gasteiger partial charge in [-0.1, -0.05) is 18.2 Å². The zero-order chi connectivity index (χ0) is 23.1. The number of nitriles is 1. The first kappa shape index (κ1) is 24.5. The average Bonchev–Trinajstić information content (AvgIpc) is 2.79. The van der Waals surface area contributed by atoms with E-state index in [1.54, 1.807) is 31.5 Å². The molecule has 0 atom stereocenters. The van der Waals surface area contributed by atoms with Crippen LogP contribution in [0.25, 0.3) is 0 Å². The summed E-state index contributed by atoms with van der Waals surface area (Å²) in [6.45, 7) is 0.279. The number of carbonyl (C=O) groups excluding carboxylic acids is 1. The van der Waals surface area contributed by atoms with Gasteiger partial charge in [0.1, 0.15) is 18.1 Å². The van der Waals surface area contributed by atoms with Gasteiger partial charge in [-0.15, -0.1) is 0 Å². The Hall–Kier alpha value is -2.17. The summed E-state index contributed by atoms with van der Waals surface area (Å²) < 4.78 is 13.7. The molecule has 0 aromatic heterocycles. The van der Waals surface area contributed by atoms with Crippen LogP contribution in [0.2, 0.25) is 0 Å². The van der Waals surface area contributed by atoms with E-state index in [1.165, 1.54) is 0 Å². The number of hydrazone groups is 1. The second kappa shape index (κ2) is 11.6. The van der Waals surface area contributed by atoms with E-state index < -0.39 is 0 Å². The van der Waals surface area contributed by atoms with Crippen molar-refractivity contribution in [1.82, 2.24) is 5.43 Å². The van der Waals surface area contributed by atoms with Gasteiger partial charge in [0.15, 0.2) is 0 Å². The Morgan fingerprint density at radius 3 is 2.69 bits per heavy atom. The summed E-state index contributed by atoms with van der Waals surface area (Å²) in [7, 11) is 1.56. The predicted molar refractivity (Wildman–Crippen MR) is 143 cm³/mol. The Morgan fingerprint density at radius 1 is 1.19 bits per heavy atom. The number of amides is 1. The lowest BCUT2D eigenvalue weighted by molar-refractivity contribution is 0.0954. The molecule has 0 aliphatic rings. The molecule has 0 fully saturated rings. The Balaban J connectivity index is 1.67. The average molecular weight is 716 g/mol. The van der Waals surface area contributed by atoms with E-state index in [1.807, 2.05) is 36.4 Å². The minimum absolute atomic E-state index is 0.279. The van der Waals surface area contributed by atoms with Gasteiger partial charge in [0.25, 0.3) is 5.91 Å². The second-order valence-corrected chi connectivity index (χ2v) is 9.60. The fourth-order valence-electron chi connectivity index (χ4n) is 2.73. The standard InChI is InChI=1S/C23H16BrI2N3O3/c1-31-21-10-15(6-7-19(21)25)23(30)29-28-12-14-8-18(24)22(20(26)9-14)32-13-17-5-3-2-4-16(17)11-27/h2-10,12H,13H2,1H3,(H,29,30)/b28-12-. The van der Waals surface area contributed by atoms with Crippen molar-refractivity contribution >= 4 is 73.2 Å². The van der Waals surface area contributed by atoms with Crippen LogP contribution < -0.4 is 14.9 Å². The molecule has 3 aromatic carbocycles. The van der Waals surface area contributed by atoms with Crippen molar-refractivity contribution in [3.05, 3.63) is 88.5 Å². The minimum Gasteiger partial charge on any atom is -0.496 e. The Kier molecular flexibility index (Phi) is 8.89. The van der Waals surface area contributed by atoms with Crippen LogP contribution in [0.3, 0.4) is 0 Å². The van der Waals surface area contributed by atoms with Gasteiger partial charge in [-0.3, -0.25) is 4.79 Å². The van der Waals surface area contributed by atoms with Gasteiger partial charge >= 0.3 is 0 Å². The number of hydrogen-bond donors (Lipinski definition) is 1. The highest BCUT2D eigenvalue weighted by Gasteiger charge is 2.11. The molecule has 0 spiro atoms. The van der Waals surface area contributed by atoms with Gasteiger partial charge in [0.2, 0.25) is 0 Å². The highest BCUT2D eigenvalue weighted by Crippen LogP contribution is 2.32. The molecule has 9 heteroatoms. The van der Waals surface area contributed by atoms with E-state index >= 15 is 0 Å². The van der Waals surface area contributed by atoms with Gasteiger partial charge in [-0.05, 0) is 103 Å². The monoisotopic (exact) mass is 715 g/mol. The summed E-state index contributed by atoms with van der Waals surface area (Å²) in [5.74, 6) is 0.972. The quantitative estimate of drug-likeness (QED) is 0.188. The molecular weight excluding hydrogens is 700 g/mol. The molecule has 0 heterocycles. The lowest BCUT2D eigenvalue weighted by Gasteiger charge is -2.12. The number of ether oxygens (including phenoxy) is 2. The fraction of sp³-hybridized carbons (Fsp3) is 0.0870. The number of rotatable bonds is 7. The number of nitrogens with zero attached hydrogens (tertiary/aromatic N) is 2. The molecule has 0 aliphatic carbocycles. The molecule has 3 aromatic rings. The molecule has 0 bridgehead atoms. The van der Waals surface area contributed by atoms with Crippen LogP contribution in [0.15, 0.2) is 64.2 Å². The van der Waals surface area contributed by atoms with Crippen LogP contribution in [0.5, 0.6) is 11.5 Å². The molecule has 1 N–H and O–H groups in total. The number of hydrogen-bond acceptors (Lipinski definition) is 5. The molecule has 0 unspecified atom stereocenters. The van der Waals surface area contributed by atoms with Crippen molar-refractivity contribution in [2.24, 2.45) is 5.10 Å². The van der Waals surface area contributed by atoms with Gasteiger partial charge in [-0.2, -0.15) is 10.4 Å². The van der Waals surface area contributed by atoms with Crippen LogP contribution in [0, 0.1) is 18.5 Å². The number of methoxy groups -OCH3 is 1. The number of halogens is 3. The highest BCUT2D eigenvalue weighted by atomic mass is 127. The van der Waals surface area contributed by atoms with Crippen molar-refractivity contribution in [2.45, 2.75) is 6.61 Å². The molecule has 32 heavy (non-hydrogen) atoms. The zero-order valence-corrected chi connectivity index (χ0v) is 22.6. The van der Waals surface area contributed by atoms with E-state index in [0.29, 0.717) is 22.6 Å². The predicted octanol–water partition coefficient (Wildman–Crippen LogP) is 5.88. The summed E-state index contributed by atoms with van der Waals surface area (Å²) in [5.41, 5.74) is 5.17. The van der Waals surface area contributed by atoms with Gasteiger partial charge in [-0.25, -0.2) is 5.43 Å². The molecule has 162 valence electrons. The molecular formula is C23H16BrI2N3O3. The molecule has 0 aliphatic heterocycles. The lowest BCUT2D eigenvalue weighted by Crippen LogP contribution is -2.17. The largest absolute Gasteiger partial charge is 0.496 e. The van der Waals surface area contributed by atoms with E-state index in [2.05, 4.69) is 77.7 Å². The third-order valence-corrected chi connectivity index (χ3v) is 6.60. The first-order chi connectivity index (χ1) is 15.4. The van der Waals surface area contributed by atoms with Gasteiger partial charge < -0.3 is 9.47 Å². The van der Waals surface area contributed by atoms with E-state index in [0.717, 1.165) is 22.7 Å². The number of benzene rings is 3. The minimum atomic E-state index is -0.333. The van der Waals surface area contributed by atoms with Crippen LogP contribution in [0.1, 0.15) is 27.0 Å². The van der Waals surface area contributed by atoms with Crippen LogP contribution >= 0.6 is 61.1 Å². The maximum atomic E-state index is 12.3. The summed E-state index contributed by atoms with van der Waals surface area (Å²) in [6.07, 6.45) is 1.56. The Labute approximate surface area is 221 Å².